The molecule has 1 atom stereocenters. The number of carbonyl (C=O) groups is 2. The minimum Gasteiger partial charge on any atom is -0.433 e. The van der Waals surface area contributed by atoms with Gasteiger partial charge < -0.3 is 9.57 Å². The van der Waals surface area contributed by atoms with E-state index in [9.17, 15) is 40.3 Å². The molecule has 0 N–H and O–H groups in total. The summed E-state index contributed by atoms with van der Waals surface area (Å²) in [6, 6.07) is 5.20. The predicted molar refractivity (Wildman–Crippen MR) is 129 cm³/mol. The van der Waals surface area contributed by atoms with E-state index in [2.05, 4.69) is 9.89 Å². The van der Waals surface area contributed by atoms with Crippen LogP contribution in [0.1, 0.15) is 52.7 Å². The van der Waals surface area contributed by atoms with Gasteiger partial charge in [-0.1, -0.05) is 34.4 Å². The monoisotopic (exact) mass is 614 g/mol. The molecule has 2 aromatic rings. The number of ether oxygens (including phenoxy) is 1. The zero-order valence-electron chi connectivity index (χ0n) is 20.6. The number of nitrogens with zero attached hydrogens (tertiary/aromatic N) is 2. The highest BCUT2D eigenvalue weighted by molar-refractivity contribution is 6.35. The number of hydrogen-bond donors (Lipinski definition) is 0. The topological polar surface area (TPSA) is 68.2 Å². The molecule has 0 bridgehead atoms. The van der Waals surface area contributed by atoms with Gasteiger partial charge in [-0.2, -0.15) is 26.3 Å². The van der Waals surface area contributed by atoms with Gasteiger partial charge in [0.05, 0.1) is 15.8 Å². The fraction of sp³-hybridized carbons (Fsp3) is 0.400. The molecule has 1 aliphatic carbocycles. The van der Waals surface area contributed by atoms with Crippen LogP contribution in [0.25, 0.3) is 0 Å². The summed E-state index contributed by atoms with van der Waals surface area (Å²) in [6.45, 7) is 1.41. The van der Waals surface area contributed by atoms with Crippen LogP contribution in [0.3, 0.4) is 0 Å². The summed E-state index contributed by atoms with van der Waals surface area (Å²) in [5.74, 6) is -2.09. The van der Waals surface area contributed by atoms with Crippen LogP contribution in [0.2, 0.25) is 10.0 Å². The summed E-state index contributed by atoms with van der Waals surface area (Å²) < 4.78 is 101. The van der Waals surface area contributed by atoms with Crippen LogP contribution >= 0.6 is 23.2 Å². The lowest BCUT2D eigenvalue weighted by atomic mass is 9.79. The maximum atomic E-state index is 14.2. The molecule has 2 amide bonds. The summed E-state index contributed by atoms with van der Waals surface area (Å²) >= 11 is 11.4. The van der Waals surface area contributed by atoms with Crippen molar-refractivity contribution in [2.45, 2.75) is 56.2 Å². The average Bonchev–Trinajstić information content (AvgIpc) is 3.29. The fourth-order valence-corrected chi connectivity index (χ4v) is 4.86. The Bertz CT molecular complexity index is 1380. The first kappa shape index (κ1) is 29.9. The molecule has 2 aliphatic rings. The second-order valence-electron chi connectivity index (χ2n) is 9.49. The third kappa shape index (κ3) is 4.98. The van der Waals surface area contributed by atoms with E-state index in [4.69, 9.17) is 28.0 Å². The first-order valence-electron chi connectivity index (χ1n) is 11.6. The Balaban J connectivity index is 1.56. The molecule has 0 aromatic heterocycles. The first-order chi connectivity index (χ1) is 18.4. The van der Waals surface area contributed by atoms with Gasteiger partial charge in [-0.3, -0.25) is 4.79 Å². The number of rotatable bonds is 4. The lowest BCUT2D eigenvalue weighted by Crippen LogP contribution is -2.56. The number of imide groups is 1. The fourth-order valence-electron chi connectivity index (χ4n) is 4.37. The Kier molecular flexibility index (Phi) is 7.55. The molecule has 1 fully saturated rings. The lowest BCUT2D eigenvalue weighted by Gasteiger charge is -2.42. The van der Waals surface area contributed by atoms with Gasteiger partial charge in [0, 0.05) is 24.6 Å². The van der Waals surface area contributed by atoms with Gasteiger partial charge in [-0.15, -0.1) is 0 Å². The zero-order valence-corrected chi connectivity index (χ0v) is 22.2. The van der Waals surface area contributed by atoms with Crippen molar-refractivity contribution in [3.05, 3.63) is 68.4 Å². The highest BCUT2D eigenvalue weighted by Crippen LogP contribution is 2.50. The minimum atomic E-state index is -5.04. The van der Waals surface area contributed by atoms with Crippen molar-refractivity contribution >= 4 is 40.9 Å². The number of alkyl halides is 6. The van der Waals surface area contributed by atoms with Crippen LogP contribution < -0.4 is 0 Å². The summed E-state index contributed by atoms with van der Waals surface area (Å²) in [4.78, 5) is 30.5. The molecule has 4 rings (SSSR count). The maximum absolute atomic E-state index is 14.2. The highest BCUT2D eigenvalue weighted by Gasteiger charge is 2.63. The van der Waals surface area contributed by atoms with Crippen LogP contribution in [0.5, 0.6) is 0 Å². The van der Waals surface area contributed by atoms with E-state index in [-0.39, 0.29) is 28.8 Å². The molecule has 6 nitrogen and oxygen atoms in total. The summed E-state index contributed by atoms with van der Waals surface area (Å²) in [5, 5.41) is 2.28. The molecule has 0 saturated heterocycles. The van der Waals surface area contributed by atoms with Crippen molar-refractivity contribution < 1.29 is 49.9 Å². The highest BCUT2D eigenvalue weighted by atomic mass is 35.5. The van der Waals surface area contributed by atoms with E-state index >= 15 is 0 Å². The Morgan fingerprint density at radius 3 is 2.10 bits per heavy atom. The molecule has 40 heavy (non-hydrogen) atoms. The van der Waals surface area contributed by atoms with E-state index in [1.807, 2.05) is 0 Å². The predicted octanol–water partition coefficient (Wildman–Crippen LogP) is 7.72. The van der Waals surface area contributed by atoms with Gasteiger partial charge in [0.1, 0.15) is 0 Å². The Morgan fingerprint density at radius 2 is 1.62 bits per heavy atom. The number of benzene rings is 2. The summed E-state index contributed by atoms with van der Waals surface area (Å²) in [5.41, 5.74) is -6.26. The van der Waals surface area contributed by atoms with Gasteiger partial charge in [0.25, 0.3) is 11.5 Å². The summed E-state index contributed by atoms with van der Waals surface area (Å²) in [6.07, 6.45) is -12.8. The van der Waals surface area contributed by atoms with Crippen LogP contribution in [0.4, 0.5) is 35.5 Å². The van der Waals surface area contributed by atoms with E-state index in [1.54, 1.807) is 0 Å². The molecule has 0 spiro atoms. The molecule has 2 aromatic carbocycles. The molecule has 216 valence electrons. The quantitative estimate of drug-likeness (QED) is 0.261. The molecule has 1 saturated carbocycles. The number of hydrogen-bond acceptors (Lipinski definition) is 5. The Morgan fingerprint density at radius 1 is 1.02 bits per heavy atom. The molecule has 15 heteroatoms. The maximum Gasteiger partial charge on any atom is 0.435 e. The van der Waals surface area contributed by atoms with Crippen LogP contribution in [0, 0.1) is 12.7 Å². The van der Waals surface area contributed by atoms with E-state index in [1.165, 1.54) is 25.1 Å². The van der Waals surface area contributed by atoms with Crippen molar-refractivity contribution in [3.8, 4) is 0 Å². The molecule has 1 heterocycles. The largest absolute Gasteiger partial charge is 0.435 e. The molecule has 1 aliphatic heterocycles. The molecular formula is C25H19Cl2F7N2O4. The second kappa shape index (κ2) is 10.1. The van der Waals surface area contributed by atoms with Crippen molar-refractivity contribution in [1.82, 2.24) is 4.90 Å². The third-order valence-corrected chi connectivity index (χ3v) is 7.52. The van der Waals surface area contributed by atoms with Gasteiger partial charge in [0.2, 0.25) is 5.60 Å². The van der Waals surface area contributed by atoms with Crippen molar-refractivity contribution in [2.24, 2.45) is 5.16 Å². The zero-order chi connectivity index (χ0) is 29.8. The van der Waals surface area contributed by atoms with Gasteiger partial charge in [-0.05, 0) is 61.6 Å². The van der Waals surface area contributed by atoms with E-state index in [0.717, 1.165) is 19.2 Å². The van der Waals surface area contributed by atoms with Crippen LogP contribution in [-0.2, 0) is 15.2 Å². The van der Waals surface area contributed by atoms with E-state index < -0.39 is 76.2 Å². The first-order valence-corrected chi connectivity index (χ1v) is 12.3. The summed E-state index contributed by atoms with van der Waals surface area (Å²) in [7, 11) is 0.951. The number of halogens is 9. The third-order valence-electron chi connectivity index (χ3n) is 6.97. The van der Waals surface area contributed by atoms with Crippen molar-refractivity contribution in [3.63, 3.8) is 0 Å². The normalized spacial score (nSPS) is 20.3. The van der Waals surface area contributed by atoms with Crippen molar-refractivity contribution in [2.75, 3.05) is 7.05 Å². The smallest absolute Gasteiger partial charge is 0.433 e. The number of oxime groups is 1. The van der Waals surface area contributed by atoms with Gasteiger partial charge in [0.15, 0.2) is 5.82 Å². The molecule has 0 radical (unpaired) electrons. The SMILES string of the molecule is Cc1cc(C2=NOC(c3cc(Cl)c(F)c(Cl)c3)(C(F)(F)F)C2)ccc1C(=O)N(C)C(=O)OC1(C(F)(F)F)CCC1. The number of carbonyl (C=O) groups excluding carboxylic acids is 2. The number of aryl methyl sites for hydroxylation is 1. The molecule has 1 unspecified atom stereocenters. The lowest BCUT2D eigenvalue weighted by molar-refractivity contribution is -0.285. The minimum absolute atomic E-state index is 0.114. The Labute approximate surface area is 232 Å². The number of amides is 2. The standard InChI is InChI=1S/C25H19Cl2F7N2O4/c1-12-8-13(4-5-15(12)20(37)36(2)21(38)39-22(6-3-7-22)24(29,30)31)18-11-23(40-35-18,25(32,33)34)14-9-16(26)19(28)17(27)10-14/h4-5,8-10H,3,6-7,11H2,1-2H3. The molecular weight excluding hydrogens is 596 g/mol. The van der Waals surface area contributed by atoms with Crippen molar-refractivity contribution in [1.29, 1.82) is 0 Å². The van der Waals surface area contributed by atoms with E-state index in [0.29, 0.717) is 4.90 Å². The Hall–Kier alpha value is -3.06. The van der Waals surface area contributed by atoms with Crippen LogP contribution in [0.15, 0.2) is 35.5 Å². The van der Waals surface area contributed by atoms with Crippen LogP contribution in [-0.4, -0.2) is 47.6 Å². The van der Waals surface area contributed by atoms with Gasteiger partial charge in [-0.25, -0.2) is 14.1 Å². The van der Waals surface area contributed by atoms with Gasteiger partial charge >= 0.3 is 18.4 Å². The average molecular weight is 615 g/mol. The second-order valence-corrected chi connectivity index (χ2v) is 10.3.